The summed E-state index contributed by atoms with van der Waals surface area (Å²) in [5, 5.41) is 19.1. The zero-order chi connectivity index (χ0) is 25.5. The van der Waals surface area contributed by atoms with Crippen LogP contribution in [0.25, 0.3) is 0 Å². The Hall–Kier alpha value is -2.32. The first kappa shape index (κ1) is 25.8. The van der Waals surface area contributed by atoms with Crippen LogP contribution in [0, 0.1) is 31.6 Å². The molecule has 3 fully saturated rings. The third-order valence-corrected chi connectivity index (χ3v) is 10.1. The summed E-state index contributed by atoms with van der Waals surface area (Å²) in [6, 6.07) is 5.24. The van der Waals surface area contributed by atoms with E-state index in [0.717, 1.165) is 23.2 Å². The van der Waals surface area contributed by atoms with Crippen LogP contribution in [0.1, 0.15) is 43.7 Å². The molecule has 1 aromatic carbocycles. The predicted molar refractivity (Wildman–Crippen MR) is 137 cm³/mol. The van der Waals surface area contributed by atoms with Gasteiger partial charge in [0.05, 0.1) is 16.6 Å². The van der Waals surface area contributed by atoms with Crippen molar-refractivity contribution < 1.29 is 24.6 Å². The third-order valence-electron chi connectivity index (χ3n) is 8.05. The molecular formula is C27H36N2O5S. The Morgan fingerprint density at radius 2 is 2.03 bits per heavy atom. The molecule has 8 heteroatoms. The van der Waals surface area contributed by atoms with Crippen molar-refractivity contribution in [2.45, 2.75) is 62.5 Å². The zero-order valence-corrected chi connectivity index (χ0v) is 21.6. The molecule has 190 valence electrons. The minimum absolute atomic E-state index is 0.0441. The highest BCUT2D eigenvalue weighted by Crippen LogP contribution is 2.68. The summed E-state index contributed by atoms with van der Waals surface area (Å²) in [5.41, 5.74) is 2.78. The van der Waals surface area contributed by atoms with E-state index in [1.165, 1.54) is 0 Å². The molecule has 3 aliphatic rings. The summed E-state index contributed by atoms with van der Waals surface area (Å²) in [6.45, 7) is 10.6. The number of carbonyl (C=O) groups excluding carboxylic acids is 2. The molecule has 2 bridgehead atoms. The topological polar surface area (TPSA) is 98.2 Å². The van der Waals surface area contributed by atoms with E-state index < -0.39 is 28.6 Å². The Morgan fingerprint density at radius 3 is 2.69 bits per heavy atom. The Bertz CT molecular complexity index is 1030. The van der Waals surface area contributed by atoms with Crippen LogP contribution >= 0.6 is 11.8 Å². The van der Waals surface area contributed by atoms with Crippen LogP contribution in [0.3, 0.4) is 0 Å². The van der Waals surface area contributed by atoms with Crippen LogP contribution < -0.4 is 4.90 Å². The number of unbranched alkanes of at least 4 members (excludes halogenated alkanes) is 2. The molecule has 3 aliphatic heterocycles. The summed E-state index contributed by atoms with van der Waals surface area (Å²) in [5.74, 6) is -2.74. The van der Waals surface area contributed by atoms with Gasteiger partial charge in [0.1, 0.15) is 6.04 Å². The van der Waals surface area contributed by atoms with Crippen LogP contribution in [-0.4, -0.2) is 68.6 Å². The number of aryl methyl sites for hydroxylation is 2. The summed E-state index contributed by atoms with van der Waals surface area (Å²) in [4.78, 5) is 44.0. The maximum absolute atomic E-state index is 14.5. The quantitative estimate of drug-likeness (QED) is 0.377. The van der Waals surface area contributed by atoms with Gasteiger partial charge >= 0.3 is 5.97 Å². The minimum atomic E-state index is -0.944. The van der Waals surface area contributed by atoms with Gasteiger partial charge in [-0.2, -0.15) is 0 Å². The molecule has 6 atom stereocenters. The Kier molecular flexibility index (Phi) is 7.34. The van der Waals surface area contributed by atoms with Gasteiger partial charge in [0.25, 0.3) is 5.91 Å². The second-order valence-corrected chi connectivity index (χ2v) is 11.8. The number of nitrogens with zero attached hydrogens (tertiary/aromatic N) is 2. The first-order chi connectivity index (χ1) is 16.7. The fourth-order valence-corrected chi connectivity index (χ4v) is 8.90. The normalized spacial score (nSPS) is 31.0. The molecule has 3 saturated heterocycles. The highest BCUT2D eigenvalue weighted by atomic mass is 32.2. The lowest BCUT2D eigenvalue weighted by atomic mass is 9.66. The molecule has 3 unspecified atom stereocenters. The average molecular weight is 501 g/mol. The van der Waals surface area contributed by atoms with Crippen LogP contribution in [-0.2, 0) is 14.4 Å². The number of carbonyl (C=O) groups is 3. The van der Waals surface area contributed by atoms with E-state index in [4.69, 9.17) is 0 Å². The second-order valence-electron chi connectivity index (χ2n) is 10.2. The molecule has 0 aromatic heterocycles. The van der Waals surface area contributed by atoms with E-state index in [0.29, 0.717) is 32.4 Å². The standard InChI is InChI=1S/C27H36N2O5S/c1-5-11-28(19-14-16(2)9-10-17(19)3)25(32)23-27-18(4)15-20(35-27)21(26(33)34)22(27)24(31)29(23)12-7-6-8-13-30/h5,9-10,14,18,20-23,30H,1,6-8,11-13,15H2,2-4H3,(H,33,34)/t18?,20-,21+,22+,23?,27?/m1/s1. The largest absolute Gasteiger partial charge is 0.481 e. The molecule has 2 N–H and O–H groups in total. The maximum Gasteiger partial charge on any atom is 0.308 e. The van der Waals surface area contributed by atoms with Gasteiger partial charge in [0, 0.05) is 30.6 Å². The van der Waals surface area contributed by atoms with Crippen molar-refractivity contribution in [2.75, 3.05) is 24.6 Å². The number of carboxylic acid groups (broad SMARTS) is 1. The van der Waals surface area contributed by atoms with E-state index in [9.17, 15) is 24.6 Å². The van der Waals surface area contributed by atoms with Crippen molar-refractivity contribution in [1.29, 1.82) is 0 Å². The fourth-order valence-electron chi connectivity index (χ4n) is 6.49. The fraction of sp³-hybridized carbons (Fsp3) is 0.593. The number of anilines is 1. The molecule has 4 rings (SSSR count). The van der Waals surface area contributed by atoms with Gasteiger partial charge in [0.15, 0.2) is 0 Å². The number of aliphatic hydroxyl groups excluding tert-OH is 1. The van der Waals surface area contributed by atoms with Crippen LogP contribution in [0.5, 0.6) is 0 Å². The van der Waals surface area contributed by atoms with E-state index in [1.54, 1.807) is 27.6 Å². The summed E-state index contributed by atoms with van der Waals surface area (Å²) in [6.07, 6.45) is 4.41. The van der Waals surface area contributed by atoms with Gasteiger partial charge in [0.2, 0.25) is 5.91 Å². The van der Waals surface area contributed by atoms with Crippen LogP contribution in [0.2, 0.25) is 0 Å². The van der Waals surface area contributed by atoms with Gasteiger partial charge in [-0.05, 0) is 62.6 Å². The zero-order valence-electron chi connectivity index (χ0n) is 20.8. The highest BCUT2D eigenvalue weighted by Gasteiger charge is 2.76. The number of benzene rings is 1. The molecule has 0 saturated carbocycles. The second kappa shape index (κ2) is 9.97. The number of carboxylic acids is 1. The molecule has 3 heterocycles. The molecule has 0 aliphatic carbocycles. The number of thioether (sulfide) groups is 1. The van der Waals surface area contributed by atoms with Crippen molar-refractivity contribution in [1.82, 2.24) is 4.90 Å². The Morgan fingerprint density at radius 1 is 1.29 bits per heavy atom. The number of hydrogen-bond donors (Lipinski definition) is 2. The van der Waals surface area contributed by atoms with Crippen LogP contribution in [0.4, 0.5) is 5.69 Å². The number of amides is 2. The average Bonchev–Trinajstić information content (AvgIpc) is 3.40. The maximum atomic E-state index is 14.5. The molecule has 2 amide bonds. The lowest BCUT2D eigenvalue weighted by molar-refractivity contribution is -0.149. The molecular weight excluding hydrogens is 464 g/mol. The van der Waals surface area contributed by atoms with Crippen LogP contribution in [0.15, 0.2) is 30.9 Å². The number of likely N-dealkylation sites (tertiary alicyclic amines) is 1. The summed E-state index contributed by atoms with van der Waals surface area (Å²) < 4.78 is -0.754. The van der Waals surface area contributed by atoms with E-state index in [2.05, 4.69) is 13.5 Å². The van der Waals surface area contributed by atoms with Crippen molar-refractivity contribution >= 4 is 35.2 Å². The van der Waals surface area contributed by atoms with E-state index in [1.807, 2.05) is 32.0 Å². The van der Waals surface area contributed by atoms with Crippen molar-refractivity contribution in [3.63, 3.8) is 0 Å². The molecule has 0 radical (unpaired) electrons. The number of aliphatic carboxylic acids is 1. The third kappa shape index (κ3) is 4.08. The first-order valence-electron chi connectivity index (χ1n) is 12.5. The highest BCUT2D eigenvalue weighted by molar-refractivity contribution is 8.02. The summed E-state index contributed by atoms with van der Waals surface area (Å²) in [7, 11) is 0. The Balaban J connectivity index is 1.79. The van der Waals surface area contributed by atoms with Gasteiger partial charge in [-0.15, -0.1) is 18.3 Å². The van der Waals surface area contributed by atoms with Crippen molar-refractivity contribution in [3.8, 4) is 0 Å². The van der Waals surface area contributed by atoms with Gasteiger partial charge in [-0.1, -0.05) is 25.1 Å². The molecule has 7 nitrogen and oxygen atoms in total. The lowest BCUT2D eigenvalue weighted by Gasteiger charge is -2.40. The molecule has 35 heavy (non-hydrogen) atoms. The predicted octanol–water partition coefficient (Wildman–Crippen LogP) is 3.41. The van der Waals surface area contributed by atoms with Gasteiger partial charge < -0.3 is 20.0 Å². The van der Waals surface area contributed by atoms with Crippen molar-refractivity contribution in [3.05, 3.63) is 42.0 Å². The molecule has 1 spiro atoms. The number of fused-ring (bicyclic) bond motifs is 1. The number of aliphatic hydroxyl groups is 1. The summed E-state index contributed by atoms with van der Waals surface area (Å²) >= 11 is 1.56. The van der Waals surface area contributed by atoms with E-state index >= 15 is 0 Å². The monoisotopic (exact) mass is 500 g/mol. The number of rotatable bonds is 10. The lowest BCUT2D eigenvalue weighted by Crippen LogP contribution is -2.57. The molecule has 1 aromatic rings. The van der Waals surface area contributed by atoms with E-state index in [-0.39, 0.29) is 29.6 Å². The van der Waals surface area contributed by atoms with Gasteiger partial charge in [-0.3, -0.25) is 14.4 Å². The SMILES string of the molecule is C=CCN(C(=O)C1N(CCCCCO)C(=O)[C@@H]2[C@@H](C(=O)O)[C@H]3CC(C)C12S3)c1cc(C)ccc1C. The Labute approximate surface area is 211 Å². The van der Waals surface area contributed by atoms with Gasteiger partial charge in [-0.25, -0.2) is 0 Å². The number of hydrogen-bond acceptors (Lipinski definition) is 5. The van der Waals surface area contributed by atoms with Crippen molar-refractivity contribution in [2.24, 2.45) is 17.8 Å². The first-order valence-corrected chi connectivity index (χ1v) is 13.4. The smallest absolute Gasteiger partial charge is 0.308 e. The minimum Gasteiger partial charge on any atom is -0.481 e.